The standard InChI is InChI=1S/C12H23N3O3/c1-2-14-5-6-18-10(7-14)8-15-4-3-12(13,9-15)11(16)17/h10H,2-9,13H2,1H3,(H,16,17). The van der Waals surface area contributed by atoms with Gasteiger partial charge >= 0.3 is 5.97 Å². The van der Waals surface area contributed by atoms with Crippen LogP contribution in [-0.2, 0) is 9.53 Å². The molecule has 104 valence electrons. The van der Waals surface area contributed by atoms with Gasteiger partial charge in [-0.2, -0.15) is 0 Å². The van der Waals surface area contributed by atoms with Crippen molar-refractivity contribution in [3.8, 4) is 0 Å². The first-order valence-electron chi connectivity index (χ1n) is 6.62. The van der Waals surface area contributed by atoms with Crippen LogP contribution >= 0.6 is 0 Å². The van der Waals surface area contributed by atoms with Crippen LogP contribution in [-0.4, -0.2) is 78.4 Å². The molecule has 2 fully saturated rings. The van der Waals surface area contributed by atoms with E-state index in [1.165, 1.54) is 0 Å². The number of rotatable bonds is 4. The number of carbonyl (C=O) groups is 1. The Morgan fingerprint density at radius 3 is 2.89 bits per heavy atom. The summed E-state index contributed by atoms with van der Waals surface area (Å²) in [6, 6.07) is 0. The second kappa shape index (κ2) is 5.52. The molecule has 18 heavy (non-hydrogen) atoms. The molecule has 2 heterocycles. The highest BCUT2D eigenvalue weighted by atomic mass is 16.5. The Bertz CT molecular complexity index is 313. The maximum atomic E-state index is 11.1. The second-order valence-electron chi connectivity index (χ2n) is 5.33. The van der Waals surface area contributed by atoms with Crippen molar-refractivity contribution in [2.24, 2.45) is 5.73 Å². The third kappa shape index (κ3) is 3.00. The lowest BCUT2D eigenvalue weighted by Gasteiger charge is -2.34. The number of morpholine rings is 1. The molecule has 0 amide bonds. The maximum Gasteiger partial charge on any atom is 0.325 e. The van der Waals surface area contributed by atoms with Gasteiger partial charge in [-0.25, -0.2) is 0 Å². The molecule has 6 nitrogen and oxygen atoms in total. The smallest absolute Gasteiger partial charge is 0.325 e. The van der Waals surface area contributed by atoms with Crippen molar-refractivity contribution in [3.05, 3.63) is 0 Å². The van der Waals surface area contributed by atoms with E-state index < -0.39 is 11.5 Å². The van der Waals surface area contributed by atoms with Gasteiger partial charge in [-0.15, -0.1) is 0 Å². The van der Waals surface area contributed by atoms with Gasteiger partial charge in [-0.05, 0) is 13.0 Å². The van der Waals surface area contributed by atoms with Gasteiger partial charge in [-0.3, -0.25) is 14.6 Å². The van der Waals surface area contributed by atoms with Crippen LogP contribution in [0.25, 0.3) is 0 Å². The second-order valence-corrected chi connectivity index (χ2v) is 5.33. The summed E-state index contributed by atoms with van der Waals surface area (Å²) in [7, 11) is 0. The lowest BCUT2D eigenvalue weighted by molar-refractivity contribution is -0.142. The van der Waals surface area contributed by atoms with Gasteiger partial charge in [0.15, 0.2) is 0 Å². The molecule has 2 saturated heterocycles. The number of nitrogens with two attached hydrogens (primary N) is 1. The minimum atomic E-state index is -1.07. The zero-order valence-electron chi connectivity index (χ0n) is 11.0. The van der Waals surface area contributed by atoms with E-state index in [9.17, 15) is 4.79 Å². The first-order chi connectivity index (χ1) is 8.53. The summed E-state index contributed by atoms with van der Waals surface area (Å²) in [6.45, 7) is 7.81. The van der Waals surface area contributed by atoms with Gasteiger partial charge in [0, 0.05) is 32.7 Å². The van der Waals surface area contributed by atoms with E-state index in [2.05, 4.69) is 16.7 Å². The number of hydrogen-bond acceptors (Lipinski definition) is 5. The van der Waals surface area contributed by atoms with Crippen molar-refractivity contribution in [2.75, 3.05) is 45.9 Å². The normalized spacial score (nSPS) is 34.9. The van der Waals surface area contributed by atoms with E-state index in [4.69, 9.17) is 15.6 Å². The van der Waals surface area contributed by atoms with Crippen LogP contribution in [0, 0.1) is 0 Å². The first-order valence-corrected chi connectivity index (χ1v) is 6.62. The molecule has 0 aromatic carbocycles. The lowest BCUT2D eigenvalue weighted by atomic mass is 10.0. The molecule has 6 heteroatoms. The summed E-state index contributed by atoms with van der Waals surface area (Å²) in [5, 5.41) is 9.09. The zero-order chi connectivity index (χ0) is 13.2. The van der Waals surface area contributed by atoms with Gasteiger partial charge < -0.3 is 15.6 Å². The number of hydrogen-bond donors (Lipinski definition) is 2. The highest BCUT2D eigenvalue weighted by Gasteiger charge is 2.41. The number of likely N-dealkylation sites (tertiary alicyclic amines) is 1. The molecule has 2 aliphatic rings. The molecular formula is C12H23N3O3. The van der Waals surface area contributed by atoms with Crippen LogP contribution in [0.4, 0.5) is 0 Å². The van der Waals surface area contributed by atoms with Gasteiger partial charge in [0.1, 0.15) is 5.54 Å². The summed E-state index contributed by atoms with van der Waals surface area (Å²) in [5.41, 5.74) is 4.79. The van der Waals surface area contributed by atoms with Crippen molar-refractivity contribution in [1.29, 1.82) is 0 Å². The van der Waals surface area contributed by atoms with Crippen LogP contribution < -0.4 is 5.73 Å². The van der Waals surface area contributed by atoms with Crippen LogP contribution in [0.3, 0.4) is 0 Å². The maximum absolute atomic E-state index is 11.1. The van der Waals surface area contributed by atoms with Crippen molar-refractivity contribution in [3.63, 3.8) is 0 Å². The van der Waals surface area contributed by atoms with Gasteiger partial charge in [-0.1, -0.05) is 6.92 Å². The summed E-state index contributed by atoms with van der Waals surface area (Å²) in [6.07, 6.45) is 0.696. The Labute approximate surface area is 108 Å². The Kier molecular flexibility index (Phi) is 4.21. The number of carboxylic acid groups (broad SMARTS) is 1. The van der Waals surface area contributed by atoms with Crippen LogP contribution in [0.2, 0.25) is 0 Å². The summed E-state index contributed by atoms with van der Waals surface area (Å²) < 4.78 is 5.73. The Morgan fingerprint density at radius 1 is 1.50 bits per heavy atom. The van der Waals surface area contributed by atoms with Crippen LogP contribution in [0.1, 0.15) is 13.3 Å². The number of carboxylic acids is 1. The molecule has 0 saturated carbocycles. The molecule has 2 aliphatic heterocycles. The monoisotopic (exact) mass is 257 g/mol. The number of ether oxygens (including phenoxy) is 1. The molecule has 2 rings (SSSR count). The third-order valence-corrected chi connectivity index (χ3v) is 3.94. The quantitative estimate of drug-likeness (QED) is 0.686. The average molecular weight is 257 g/mol. The van der Waals surface area contributed by atoms with Gasteiger partial charge in [0.05, 0.1) is 12.7 Å². The Hall–Kier alpha value is -0.690. The summed E-state index contributed by atoms with van der Waals surface area (Å²) >= 11 is 0. The fourth-order valence-corrected chi connectivity index (χ4v) is 2.71. The van der Waals surface area contributed by atoms with E-state index in [1.807, 2.05) is 0 Å². The van der Waals surface area contributed by atoms with Crippen LogP contribution in [0.5, 0.6) is 0 Å². The number of nitrogens with zero attached hydrogens (tertiary/aromatic N) is 2. The molecule has 2 atom stereocenters. The number of aliphatic carboxylic acids is 1. The van der Waals surface area contributed by atoms with Gasteiger partial charge in [0.25, 0.3) is 0 Å². The average Bonchev–Trinajstić information content (AvgIpc) is 2.72. The highest BCUT2D eigenvalue weighted by Crippen LogP contribution is 2.20. The van der Waals surface area contributed by atoms with E-state index >= 15 is 0 Å². The van der Waals surface area contributed by atoms with Crippen molar-refractivity contribution < 1.29 is 14.6 Å². The fourth-order valence-electron chi connectivity index (χ4n) is 2.71. The molecule has 2 unspecified atom stereocenters. The third-order valence-electron chi connectivity index (χ3n) is 3.94. The van der Waals surface area contributed by atoms with E-state index in [1.54, 1.807) is 0 Å². The van der Waals surface area contributed by atoms with Crippen molar-refractivity contribution in [1.82, 2.24) is 9.80 Å². The van der Waals surface area contributed by atoms with E-state index in [0.29, 0.717) is 13.0 Å². The minimum absolute atomic E-state index is 0.176. The van der Waals surface area contributed by atoms with E-state index in [0.717, 1.165) is 39.3 Å². The van der Waals surface area contributed by atoms with Crippen molar-refractivity contribution >= 4 is 5.97 Å². The fraction of sp³-hybridized carbons (Fsp3) is 0.917. The van der Waals surface area contributed by atoms with Crippen LogP contribution in [0.15, 0.2) is 0 Å². The molecule has 3 N–H and O–H groups in total. The highest BCUT2D eigenvalue weighted by molar-refractivity contribution is 5.79. The number of likely N-dealkylation sites (N-methyl/N-ethyl adjacent to an activating group) is 1. The molecule has 0 radical (unpaired) electrons. The predicted molar refractivity (Wildman–Crippen MR) is 67.5 cm³/mol. The van der Waals surface area contributed by atoms with E-state index in [-0.39, 0.29) is 6.10 Å². The summed E-state index contributed by atoms with van der Waals surface area (Å²) in [4.78, 5) is 15.5. The zero-order valence-corrected chi connectivity index (χ0v) is 11.0. The molecule has 0 bridgehead atoms. The Morgan fingerprint density at radius 2 is 2.28 bits per heavy atom. The predicted octanol–water partition coefficient (Wildman–Crippen LogP) is -0.805. The molecule has 0 aromatic heterocycles. The SMILES string of the molecule is CCN1CCOC(CN2CCC(N)(C(=O)O)C2)C1. The first kappa shape index (κ1) is 13.7. The molecule has 0 aliphatic carbocycles. The topological polar surface area (TPSA) is 79.0 Å². The minimum Gasteiger partial charge on any atom is -0.480 e. The lowest BCUT2D eigenvalue weighted by Crippen LogP contribution is -2.52. The summed E-state index contributed by atoms with van der Waals surface area (Å²) in [5.74, 6) is -0.898. The molecule has 0 spiro atoms. The largest absolute Gasteiger partial charge is 0.480 e. The van der Waals surface area contributed by atoms with Crippen molar-refractivity contribution in [2.45, 2.75) is 25.0 Å². The van der Waals surface area contributed by atoms with Gasteiger partial charge in [0.2, 0.25) is 0 Å². The molecular weight excluding hydrogens is 234 g/mol. The Balaban J connectivity index is 1.82. The molecule has 0 aromatic rings.